The number of phenols is 1. The van der Waals surface area contributed by atoms with Crippen molar-refractivity contribution in [2.75, 3.05) is 6.61 Å². The first-order valence-electron chi connectivity index (χ1n) is 7.19. The van der Waals surface area contributed by atoms with Crippen LogP contribution in [0.3, 0.4) is 0 Å². The second-order valence-electron chi connectivity index (χ2n) is 4.99. The van der Waals surface area contributed by atoms with Gasteiger partial charge in [0.1, 0.15) is 17.2 Å². The Morgan fingerprint density at radius 1 is 0.826 bits per heavy atom. The summed E-state index contributed by atoms with van der Waals surface area (Å²) >= 11 is 0. The highest BCUT2D eigenvalue weighted by molar-refractivity contribution is 5.30. The predicted molar refractivity (Wildman–Crippen MR) is 79.7 cm³/mol. The fourth-order valence-electron chi connectivity index (χ4n) is 2.02. The van der Waals surface area contributed by atoms with Gasteiger partial charge < -0.3 is 14.6 Å². The van der Waals surface area contributed by atoms with Crippen LogP contribution in [0.1, 0.15) is 18.4 Å². The molecule has 0 amide bonds. The molecule has 0 bridgehead atoms. The molecule has 0 aromatic heterocycles. The van der Waals surface area contributed by atoms with Crippen molar-refractivity contribution in [1.82, 2.24) is 0 Å². The first kappa shape index (κ1) is 17.0. The number of hydrogen-bond acceptors (Lipinski definition) is 3. The molecule has 23 heavy (non-hydrogen) atoms. The van der Waals surface area contributed by atoms with Gasteiger partial charge in [-0.05, 0) is 61.2 Å². The maximum Gasteiger partial charge on any atom is 0.573 e. The van der Waals surface area contributed by atoms with Gasteiger partial charge in [-0.1, -0.05) is 12.1 Å². The van der Waals surface area contributed by atoms with Gasteiger partial charge in [0.2, 0.25) is 0 Å². The summed E-state index contributed by atoms with van der Waals surface area (Å²) in [7, 11) is 0. The third kappa shape index (κ3) is 6.50. The number of aromatic hydroxyl groups is 1. The Morgan fingerprint density at radius 3 is 2.04 bits per heavy atom. The van der Waals surface area contributed by atoms with E-state index >= 15 is 0 Å². The lowest BCUT2D eigenvalue weighted by Crippen LogP contribution is -2.17. The van der Waals surface area contributed by atoms with Gasteiger partial charge in [0.05, 0.1) is 6.61 Å². The zero-order valence-electron chi connectivity index (χ0n) is 12.3. The normalized spacial score (nSPS) is 11.3. The molecule has 0 unspecified atom stereocenters. The number of benzene rings is 2. The molecule has 0 saturated heterocycles. The topological polar surface area (TPSA) is 38.7 Å². The SMILES string of the molecule is Oc1ccc(OCCCCc2ccc(OC(F)(F)F)cc2)cc1. The van der Waals surface area contributed by atoms with Crippen LogP contribution in [0.25, 0.3) is 0 Å². The molecule has 0 atom stereocenters. The number of hydrogen-bond donors (Lipinski definition) is 1. The Balaban J connectivity index is 1.67. The number of rotatable bonds is 7. The third-order valence-electron chi connectivity index (χ3n) is 3.12. The molecule has 0 heterocycles. The second-order valence-corrected chi connectivity index (χ2v) is 4.99. The van der Waals surface area contributed by atoms with Crippen LogP contribution in [0.4, 0.5) is 13.2 Å². The molecule has 0 fully saturated rings. The Morgan fingerprint density at radius 2 is 1.43 bits per heavy atom. The van der Waals surface area contributed by atoms with E-state index in [1.54, 1.807) is 36.4 Å². The first-order chi connectivity index (χ1) is 10.9. The van der Waals surface area contributed by atoms with Crippen molar-refractivity contribution in [2.45, 2.75) is 25.6 Å². The van der Waals surface area contributed by atoms with Gasteiger partial charge in [-0.25, -0.2) is 0 Å². The fraction of sp³-hybridized carbons (Fsp3) is 0.294. The van der Waals surface area contributed by atoms with Crippen molar-refractivity contribution < 1.29 is 27.8 Å². The number of aryl methyl sites for hydroxylation is 1. The van der Waals surface area contributed by atoms with Crippen LogP contribution in [-0.4, -0.2) is 18.1 Å². The molecule has 2 aromatic rings. The summed E-state index contributed by atoms with van der Waals surface area (Å²) in [5.74, 6) is 0.670. The van der Waals surface area contributed by atoms with Crippen LogP contribution in [0.2, 0.25) is 0 Å². The standard InChI is InChI=1S/C17H17F3O3/c18-17(19,20)23-16-8-4-13(5-9-16)3-1-2-12-22-15-10-6-14(21)7-11-15/h4-11,21H,1-3,12H2. The number of alkyl halides is 3. The molecule has 1 N–H and O–H groups in total. The highest BCUT2D eigenvalue weighted by Gasteiger charge is 2.30. The van der Waals surface area contributed by atoms with Gasteiger partial charge in [0, 0.05) is 0 Å². The average molecular weight is 326 g/mol. The predicted octanol–water partition coefficient (Wildman–Crippen LogP) is 4.69. The van der Waals surface area contributed by atoms with Crippen molar-refractivity contribution in [1.29, 1.82) is 0 Å². The summed E-state index contributed by atoms with van der Waals surface area (Å²) in [4.78, 5) is 0. The molecule has 124 valence electrons. The van der Waals surface area contributed by atoms with Gasteiger partial charge >= 0.3 is 6.36 Å². The van der Waals surface area contributed by atoms with Gasteiger partial charge in [-0.15, -0.1) is 13.2 Å². The van der Waals surface area contributed by atoms with Crippen LogP contribution in [0.5, 0.6) is 17.2 Å². The van der Waals surface area contributed by atoms with E-state index in [1.165, 1.54) is 12.1 Å². The molecule has 3 nitrogen and oxygen atoms in total. The minimum absolute atomic E-state index is 0.190. The highest BCUT2D eigenvalue weighted by atomic mass is 19.4. The molecular weight excluding hydrogens is 309 g/mol. The monoisotopic (exact) mass is 326 g/mol. The van der Waals surface area contributed by atoms with Crippen LogP contribution >= 0.6 is 0 Å². The number of halogens is 3. The summed E-state index contributed by atoms with van der Waals surface area (Å²) in [6, 6.07) is 12.4. The molecule has 0 saturated carbocycles. The smallest absolute Gasteiger partial charge is 0.508 e. The van der Waals surface area contributed by atoms with Crippen molar-refractivity contribution >= 4 is 0 Å². The molecule has 0 aliphatic carbocycles. The van der Waals surface area contributed by atoms with E-state index in [2.05, 4.69) is 4.74 Å². The van der Waals surface area contributed by atoms with E-state index in [-0.39, 0.29) is 11.5 Å². The van der Waals surface area contributed by atoms with E-state index in [1.807, 2.05) is 0 Å². The summed E-state index contributed by atoms with van der Waals surface area (Å²) in [6.45, 7) is 0.542. The van der Waals surface area contributed by atoms with Crippen molar-refractivity contribution in [2.24, 2.45) is 0 Å². The fourth-order valence-corrected chi connectivity index (χ4v) is 2.02. The summed E-state index contributed by atoms with van der Waals surface area (Å²) in [5, 5.41) is 9.15. The van der Waals surface area contributed by atoms with Crippen molar-refractivity contribution in [3.63, 3.8) is 0 Å². The summed E-state index contributed by atoms with van der Waals surface area (Å²) in [5.41, 5.74) is 0.948. The minimum atomic E-state index is -4.66. The quantitative estimate of drug-likeness (QED) is 0.750. The first-order valence-corrected chi connectivity index (χ1v) is 7.19. The highest BCUT2D eigenvalue weighted by Crippen LogP contribution is 2.23. The van der Waals surface area contributed by atoms with E-state index < -0.39 is 6.36 Å². The average Bonchev–Trinajstić information content (AvgIpc) is 2.49. The van der Waals surface area contributed by atoms with E-state index in [0.29, 0.717) is 12.4 Å². The van der Waals surface area contributed by atoms with Gasteiger partial charge in [-0.3, -0.25) is 0 Å². The molecule has 0 radical (unpaired) electrons. The maximum absolute atomic E-state index is 12.0. The molecule has 2 aromatic carbocycles. The molecule has 0 spiro atoms. The minimum Gasteiger partial charge on any atom is -0.508 e. The van der Waals surface area contributed by atoms with Crippen molar-refractivity contribution in [3.8, 4) is 17.2 Å². The Bertz CT molecular complexity index is 592. The zero-order chi connectivity index (χ0) is 16.7. The Labute approximate surface area is 132 Å². The van der Waals surface area contributed by atoms with E-state index in [0.717, 1.165) is 24.8 Å². The number of unbranched alkanes of at least 4 members (excludes halogenated alkanes) is 1. The van der Waals surface area contributed by atoms with Gasteiger partial charge in [0.15, 0.2) is 0 Å². The molecule has 2 rings (SSSR count). The van der Waals surface area contributed by atoms with E-state index in [4.69, 9.17) is 9.84 Å². The molecular formula is C17H17F3O3. The molecule has 0 aliphatic rings. The zero-order valence-corrected chi connectivity index (χ0v) is 12.3. The largest absolute Gasteiger partial charge is 0.573 e. The molecule has 0 aliphatic heterocycles. The van der Waals surface area contributed by atoms with Crippen LogP contribution in [0, 0.1) is 0 Å². The lowest BCUT2D eigenvalue weighted by Gasteiger charge is -2.09. The van der Waals surface area contributed by atoms with Crippen molar-refractivity contribution in [3.05, 3.63) is 54.1 Å². The van der Waals surface area contributed by atoms with E-state index in [9.17, 15) is 13.2 Å². The Hall–Kier alpha value is -2.37. The third-order valence-corrected chi connectivity index (χ3v) is 3.12. The lowest BCUT2D eigenvalue weighted by molar-refractivity contribution is -0.274. The van der Waals surface area contributed by atoms with Crippen LogP contribution < -0.4 is 9.47 Å². The lowest BCUT2D eigenvalue weighted by atomic mass is 10.1. The molecule has 6 heteroatoms. The van der Waals surface area contributed by atoms with Gasteiger partial charge in [-0.2, -0.15) is 0 Å². The summed E-state index contributed by atoms with van der Waals surface area (Å²) < 4.78 is 45.5. The van der Waals surface area contributed by atoms with Crippen LogP contribution in [-0.2, 0) is 6.42 Å². The Kier molecular flexibility index (Phi) is 5.73. The summed E-state index contributed by atoms with van der Waals surface area (Å²) in [6.07, 6.45) is -2.22. The van der Waals surface area contributed by atoms with Gasteiger partial charge in [0.25, 0.3) is 0 Å². The van der Waals surface area contributed by atoms with Crippen LogP contribution in [0.15, 0.2) is 48.5 Å². The number of phenolic OH excluding ortho intramolecular Hbond substituents is 1. The number of ether oxygens (including phenoxy) is 2. The second kappa shape index (κ2) is 7.76. The maximum atomic E-state index is 12.0.